The standard InChI is InChI=1S/C19H12ClNO3/c20-13-5-6-16(22)15(8-13)19(23)11-7-12-10-24-17-4-2-1-3-14(17)18(12)21-9-11/h1-9,22H,10H2. The van der Waals surface area contributed by atoms with Crippen LogP contribution >= 0.6 is 11.6 Å². The van der Waals surface area contributed by atoms with E-state index in [1.54, 1.807) is 6.07 Å². The van der Waals surface area contributed by atoms with Gasteiger partial charge < -0.3 is 9.84 Å². The fourth-order valence-corrected chi connectivity index (χ4v) is 2.95. The Kier molecular flexibility index (Phi) is 3.47. The van der Waals surface area contributed by atoms with E-state index in [9.17, 15) is 9.90 Å². The lowest BCUT2D eigenvalue weighted by molar-refractivity contribution is 0.103. The normalized spacial score (nSPS) is 12.0. The van der Waals surface area contributed by atoms with Gasteiger partial charge in [0.1, 0.15) is 18.1 Å². The van der Waals surface area contributed by atoms with Gasteiger partial charge in [0, 0.05) is 27.9 Å². The topological polar surface area (TPSA) is 59.4 Å². The van der Waals surface area contributed by atoms with E-state index in [0.29, 0.717) is 17.2 Å². The lowest BCUT2D eigenvalue weighted by Crippen LogP contribution is -2.10. The van der Waals surface area contributed by atoms with Crippen molar-refractivity contribution in [3.63, 3.8) is 0 Å². The van der Waals surface area contributed by atoms with E-state index in [0.717, 1.165) is 22.6 Å². The van der Waals surface area contributed by atoms with Gasteiger partial charge in [0.05, 0.1) is 11.3 Å². The zero-order valence-electron chi connectivity index (χ0n) is 12.5. The molecule has 118 valence electrons. The number of phenolic OH excluding ortho intramolecular Hbond substituents is 1. The molecule has 0 saturated heterocycles. The zero-order chi connectivity index (χ0) is 16.7. The van der Waals surface area contributed by atoms with Crippen LogP contribution in [-0.2, 0) is 6.61 Å². The molecule has 24 heavy (non-hydrogen) atoms. The van der Waals surface area contributed by atoms with Gasteiger partial charge in [0.2, 0.25) is 0 Å². The number of phenols is 1. The maximum absolute atomic E-state index is 12.7. The van der Waals surface area contributed by atoms with Crippen LogP contribution in [0.5, 0.6) is 11.5 Å². The predicted octanol–water partition coefficient (Wildman–Crippen LogP) is 4.23. The molecule has 0 bridgehead atoms. The summed E-state index contributed by atoms with van der Waals surface area (Å²) in [5, 5.41) is 10.3. The number of para-hydroxylation sites is 1. The van der Waals surface area contributed by atoms with E-state index in [2.05, 4.69) is 4.98 Å². The first-order valence-corrected chi connectivity index (χ1v) is 7.75. The summed E-state index contributed by atoms with van der Waals surface area (Å²) < 4.78 is 5.71. The van der Waals surface area contributed by atoms with Gasteiger partial charge in [0.15, 0.2) is 5.78 Å². The predicted molar refractivity (Wildman–Crippen MR) is 90.6 cm³/mol. The van der Waals surface area contributed by atoms with Gasteiger partial charge in [-0.05, 0) is 36.4 Å². The summed E-state index contributed by atoms with van der Waals surface area (Å²) in [6.07, 6.45) is 1.52. The van der Waals surface area contributed by atoms with Crippen molar-refractivity contribution >= 4 is 17.4 Å². The Morgan fingerprint density at radius 2 is 2.00 bits per heavy atom. The largest absolute Gasteiger partial charge is 0.507 e. The highest BCUT2D eigenvalue weighted by Gasteiger charge is 2.21. The highest BCUT2D eigenvalue weighted by molar-refractivity contribution is 6.31. The van der Waals surface area contributed by atoms with Crippen LogP contribution in [0.4, 0.5) is 0 Å². The molecule has 2 heterocycles. The number of hydrogen-bond donors (Lipinski definition) is 1. The molecule has 0 radical (unpaired) electrons. The summed E-state index contributed by atoms with van der Waals surface area (Å²) in [7, 11) is 0. The third-order valence-electron chi connectivity index (χ3n) is 3.96. The lowest BCUT2D eigenvalue weighted by Gasteiger charge is -2.20. The van der Waals surface area contributed by atoms with E-state index in [-0.39, 0.29) is 17.1 Å². The van der Waals surface area contributed by atoms with Crippen LogP contribution in [0, 0.1) is 0 Å². The number of carbonyl (C=O) groups is 1. The summed E-state index contributed by atoms with van der Waals surface area (Å²) in [6, 6.07) is 13.8. The van der Waals surface area contributed by atoms with E-state index < -0.39 is 0 Å². The van der Waals surface area contributed by atoms with Gasteiger partial charge >= 0.3 is 0 Å². The molecule has 1 N–H and O–H groups in total. The van der Waals surface area contributed by atoms with Crippen molar-refractivity contribution in [2.75, 3.05) is 0 Å². The molecule has 2 aromatic carbocycles. The van der Waals surface area contributed by atoms with Gasteiger partial charge in [-0.1, -0.05) is 23.7 Å². The molecule has 0 fully saturated rings. The summed E-state index contributed by atoms with van der Waals surface area (Å²) in [4.78, 5) is 17.1. The molecule has 4 rings (SSSR count). The number of nitrogens with zero attached hydrogens (tertiary/aromatic N) is 1. The van der Waals surface area contributed by atoms with Crippen LogP contribution in [0.2, 0.25) is 5.02 Å². The summed E-state index contributed by atoms with van der Waals surface area (Å²) in [5.41, 5.74) is 3.09. The molecular weight excluding hydrogens is 326 g/mol. The molecule has 1 aliphatic heterocycles. The van der Waals surface area contributed by atoms with Gasteiger partial charge in [-0.2, -0.15) is 0 Å². The van der Waals surface area contributed by atoms with Gasteiger partial charge in [-0.15, -0.1) is 0 Å². The Labute approximate surface area is 143 Å². The summed E-state index contributed by atoms with van der Waals surface area (Å²) >= 11 is 5.92. The van der Waals surface area contributed by atoms with Crippen molar-refractivity contribution in [1.82, 2.24) is 4.98 Å². The van der Waals surface area contributed by atoms with E-state index in [1.807, 2.05) is 24.3 Å². The highest BCUT2D eigenvalue weighted by atomic mass is 35.5. The SMILES string of the molecule is O=C(c1cnc2c(c1)COc1ccccc1-2)c1cc(Cl)ccc1O. The average Bonchev–Trinajstić information content (AvgIpc) is 2.62. The quantitative estimate of drug-likeness (QED) is 0.711. The van der Waals surface area contributed by atoms with Crippen molar-refractivity contribution in [1.29, 1.82) is 0 Å². The Hall–Kier alpha value is -2.85. The third-order valence-corrected chi connectivity index (χ3v) is 4.19. The minimum atomic E-state index is -0.329. The number of ether oxygens (including phenoxy) is 1. The zero-order valence-corrected chi connectivity index (χ0v) is 13.2. The minimum absolute atomic E-state index is 0.108. The van der Waals surface area contributed by atoms with Crippen LogP contribution < -0.4 is 4.74 Å². The van der Waals surface area contributed by atoms with Crippen LogP contribution in [-0.4, -0.2) is 15.9 Å². The van der Waals surface area contributed by atoms with Crippen molar-refractivity contribution in [2.45, 2.75) is 6.61 Å². The Bertz CT molecular complexity index is 969. The molecule has 0 spiro atoms. The molecular formula is C19H12ClNO3. The first kappa shape index (κ1) is 14.7. The smallest absolute Gasteiger partial charge is 0.198 e. The molecule has 0 unspecified atom stereocenters. The molecule has 3 aromatic rings. The Morgan fingerprint density at radius 3 is 2.88 bits per heavy atom. The molecule has 1 aliphatic rings. The number of fused-ring (bicyclic) bond motifs is 3. The first-order chi connectivity index (χ1) is 11.6. The molecule has 1 aromatic heterocycles. The van der Waals surface area contributed by atoms with Crippen LogP contribution in [0.25, 0.3) is 11.3 Å². The van der Waals surface area contributed by atoms with E-state index >= 15 is 0 Å². The molecule has 0 aliphatic carbocycles. The van der Waals surface area contributed by atoms with Crippen molar-refractivity contribution in [3.05, 3.63) is 76.4 Å². The molecule has 4 nitrogen and oxygen atoms in total. The Morgan fingerprint density at radius 1 is 1.17 bits per heavy atom. The first-order valence-electron chi connectivity index (χ1n) is 7.38. The van der Waals surface area contributed by atoms with Crippen molar-refractivity contribution in [3.8, 4) is 22.8 Å². The fraction of sp³-hybridized carbons (Fsp3) is 0.0526. The number of pyridine rings is 1. The van der Waals surface area contributed by atoms with Crippen molar-refractivity contribution in [2.24, 2.45) is 0 Å². The fourth-order valence-electron chi connectivity index (χ4n) is 2.78. The number of benzene rings is 2. The number of rotatable bonds is 2. The number of ketones is 1. The van der Waals surface area contributed by atoms with Gasteiger partial charge in [-0.25, -0.2) is 0 Å². The second-order valence-corrected chi connectivity index (χ2v) is 5.94. The summed E-state index contributed by atoms with van der Waals surface area (Å²) in [6.45, 7) is 0.349. The number of hydrogen-bond acceptors (Lipinski definition) is 4. The van der Waals surface area contributed by atoms with Crippen LogP contribution in [0.1, 0.15) is 21.5 Å². The van der Waals surface area contributed by atoms with E-state index in [4.69, 9.17) is 16.3 Å². The minimum Gasteiger partial charge on any atom is -0.507 e. The number of aromatic hydroxyl groups is 1. The number of halogens is 1. The Balaban J connectivity index is 1.77. The molecule has 0 saturated carbocycles. The average molecular weight is 338 g/mol. The second-order valence-electron chi connectivity index (χ2n) is 5.51. The molecule has 5 heteroatoms. The van der Waals surface area contributed by atoms with E-state index in [1.165, 1.54) is 24.4 Å². The number of carbonyl (C=O) groups excluding carboxylic acids is 1. The third kappa shape index (κ3) is 2.41. The maximum Gasteiger partial charge on any atom is 0.198 e. The monoisotopic (exact) mass is 337 g/mol. The van der Waals surface area contributed by atoms with Crippen LogP contribution in [0.3, 0.4) is 0 Å². The molecule has 0 amide bonds. The van der Waals surface area contributed by atoms with Crippen LogP contribution in [0.15, 0.2) is 54.7 Å². The number of aromatic nitrogens is 1. The lowest BCUT2D eigenvalue weighted by atomic mass is 9.98. The van der Waals surface area contributed by atoms with Crippen molar-refractivity contribution < 1.29 is 14.6 Å². The van der Waals surface area contributed by atoms with Gasteiger partial charge in [-0.3, -0.25) is 9.78 Å². The second kappa shape index (κ2) is 5.65. The van der Waals surface area contributed by atoms with Gasteiger partial charge in [0.25, 0.3) is 0 Å². The summed E-state index contributed by atoms with van der Waals surface area (Å²) in [5.74, 6) is 0.344. The maximum atomic E-state index is 12.7. The molecule has 0 atom stereocenters. The highest BCUT2D eigenvalue weighted by Crippen LogP contribution is 2.36.